The highest BCUT2D eigenvalue weighted by Gasteiger charge is 2.51. The second-order valence-corrected chi connectivity index (χ2v) is 14.5. The van der Waals surface area contributed by atoms with Crippen molar-refractivity contribution in [3.05, 3.63) is 90.5 Å². The summed E-state index contributed by atoms with van der Waals surface area (Å²) in [5, 5.41) is 2.64. The molecule has 0 saturated carbocycles. The first-order chi connectivity index (χ1) is 16.3. The van der Waals surface area contributed by atoms with E-state index in [4.69, 9.17) is 10.2 Å². The van der Waals surface area contributed by atoms with Crippen molar-refractivity contribution in [2.75, 3.05) is 18.0 Å². The topological polar surface area (TPSA) is 55.6 Å². The van der Waals surface area contributed by atoms with Crippen LogP contribution >= 0.6 is 0 Å². The summed E-state index contributed by atoms with van der Waals surface area (Å²) in [6, 6.07) is 29.9. The summed E-state index contributed by atoms with van der Waals surface area (Å²) in [5.74, 6) is -0.297. The molecule has 0 aromatic heterocycles. The van der Waals surface area contributed by atoms with Gasteiger partial charge in [-0.15, -0.1) is 0 Å². The third kappa shape index (κ3) is 5.11. The summed E-state index contributed by atoms with van der Waals surface area (Å²) in [6.07, 6.45) is 2.44. The maximum absolute atomic E-state index is 11.3. The maximum Gasteiger partial charge on any atom is 0.261 e. The number of anilines is 1. The fourth-order valence-corrected chi connectivity index (χ4v) is 9.99. The molecule has 1 amide bonds. The Morgan fingerprint density at radius 2 is 1.47 bits per heavy atom. The molecule has 5 heteroatoms. The SMILES string of the molecule is CC(C)(C)[Si](OC1CCN(c2cccc(CC(N)=O)c2)CC1)(c1ccccc1)c1ccccc1. The van der Waals surface area contributed by atoms with Crippen LogP contribution in [0.15, 0.2) is 84.9 Å². The molecular formula is C29H36N2O2Si. The summed E-state index contributed by atoms with van der Waals surface area (Å²) >= 11 is 0. The molecule has 0 aliphatic carbocycles. The molecule has 0 unspecified atom stereocenters. The molecular weight excluding hydrogens is 436 g/mol. The second kappa shape index (κ2) is 10.2. The number of amides is 1. The minimum atomic E-state index is -2.54. The van der Waals surface area contributed by atoms with Crippen LogP contribution in [0.2, 0.25) is 5.04 Å². The standard InChI is InChI=1S/C29H36N2O2Si/c1-29(2,3)34(26-13-6-4-7-14-26,27-15-8-5-9-16-27)33-25-17-19-31(20-18-25)24-12-10-11-23(21-24)22-28(30)32/h4-16,21,25H,17-20,22H2,1-3H3,(H2,30,32). The summed E-state index contributed by atoms with van der Waals surface area (Å²) in [7, 11) is -2.54. The normalized spacial score (nSPS) is 15.3. The summed E-state index contributed by atoms with van der Waals surface area (Å²) < 4.78 is 7.33. The minimum Gasteiger partial charge on any atom is -0.404 e. The molecule has 4 nitrogen and oxygen atoms in total. The lowest BCUT2D eigenvalue weighted by atomic mass is 10.1. The number of nitrogens with zero attached hydrogens (tertiary/aromatic N) is 1. The van der Waals surface area contributed by atoms with Crippen LogP contribution in [-0.4, -0.2) is 33.4 Å². The van der Waals surface area contributed by atoms with Gasteiger partial charge < -0.3 is 15.1 Å². The van der Waals surface area contributed by atoms with Crippen molar-refractivity contribution in [1.82, 2.24) is 0 Å². The fourth-order valence-electron chi connectivity index (χ4n) is 5.24. The Bertz CT molecular complexity index is 1050. The average molecular weight is 473 g/mol. The summed E-state index contributed by atoms with van der Waals surface area (Å²) in [5.41, 5.74) is 7.52. The first kappa shape index (κ1) is 24.2. The highest BCUT2D eigenvalue weighted by atomic mass is 28.4. The predicted molar refractivity (Wildman–Crippen MR) is 143 cm³/mol. The van der Waals surface area contributed by atoms with Crippen LogP contribution in [0, 0.1) is 0 Å². The van der Waals surface area contributed by atoms with E-state index >= 15 is 0 Å². The van der Waals surface area contributed by atoms with E-state index in [0.29, 0.717) is 0 Å². The Hall–Kier alpha value is -2.89. The fraction of sp³-hybridized carbons (Fsp3) is 0.345. The van der Waals surface area contributed by atoms with Crippen molar-refractivity contribution >= 4 is 30.3 Å². The van der Waals surface area contributed by atoms with Crippen LogP contribution in [0.25, 0.3) is 0 Å². The van der Waals surface area contributed by atoms with Gasteiger partial charge in [0.25, 0.3) is 8.32 Å². The van der Waals surface area contributed by atoms with Crippen LogP contribution in [-0.2, 0) is 15.6 Å². The molecule has 0 radical (unpaired) electrons. The molecule has 178 valence electrons. The van der Waals surface area contributed by atoms with Crippen molar-refractivity contribution in [3.63, 3.8) is 0 Å². The van der Waals surface area contributed by atoms with E-state index in [-0.39, 0.29) is 23.5 Å². The predicted octanol–water partition coefficient (Wildman–Crippen LogP) is 4.26. The van der Waals surface area contributed by atoms with Gasteiger partial charge in [0.1, 0.15) is 0 Å². The Kier molecular flexibility index (Phi) is 7.24. The molecule has 1 heterocycles. The van der Waals surface area contributed by atoms with Gasteiger partial charge in [0.15, 0.2) is 0 Å². The lowest BCUT2D eigenvalue weighted by molar-refractivity contribution is -0.117. The van der Waals surface area contributed by atoms with Gasteiger partial charge in [0.05, 0.1) is 6.42 Å². The summed E-state index contributed by atoms with van der Waals surface area (Å²) in [6.45, 7) is 8.86. The first-order valence-corrected chi connectivity index (χ1v) is 14.1. The Balaban J connectivity index is 1.58. The molecule has 0 atom stereocenters. The van der Waals surface area contributed by atoms with E-state index in [1.165, 1.54) is 10.4 Å². The van der Waals surface area contributed by atoms with Crippen LogP contribution in [0.1, 0.15) is 39.2 Å². The van der Waals surface area contributed by atoms with Crippen molar-refractivity contribution in [1.29, 1.82) is 0 Å². The number of hydrogen-bond donors (Lipinski definition) is 1. The zero-order chi connectivity index (χ0) is 24.2. The molecule has 0 bridgehead atoms. The third-order valence-electron chi connectivity index (χ3n) is 6.86. The number of benzene rings is 3. The van der Waals surface area contributed by atoms with E-state index in [9.17, 15) is 4.79 Å². The number of piperidine rings is 1. The molecule has 1 aliphatic heterocycles. The number of nitrogens with two attached hydrogens (primary N) is 1. The van der Waals surface area contributed by atoms with E-state index in [2.05, 4.69) is 98.5 Å². The molecule has 1 fully saturated rings. The van der Waals surface area contributed by atoms with E-state index in [0.717, 1.165) is 37.2 Å². The van der Waals surface area contributed by atoms with Gasteiger partial charge in [-0.3, -0.25) is 4.79 Å². The maximum atomic E-state index is 11.3. The Morgan fingerprint density at radius 1 is 0.912 bits per heavy atom. The monoisotopic (exact) mass is 472 g/mol. The second-order valence-electron chi connectivity index (χ2n) is 10.3. The number of carbonyl (C=O) groups is 1. The van der Waals surface area contributed by atoms with Crippen molar-refractivity contribution in [2.24, 2.45) is 5.73 Å². The lowest BCUT2D eigenvalue weighted by Gasteiger charge is -2.46. The number of hydrogen-bond acceptors (Lipinski definition) is 3. The number of carbonyl (C=O) groups excluding carboxylic acids is 1. The molecule has 2 N–H and O–H groups in total. The van der Waals surface area contributed by atoms with Gasteiger partial charge in [0, 0.05) is 24.9 Å². The molecule has 0 spiro atoms. The number of rotatable bonds is 7. The zero-order valence-electron chi connectivity index (χ0n) is 20.5. The van der Waals surface area contributed by atoms with Crippen molar-refractivity contribution < 1.29 is 9.22 Å². The van der Waals surface area contributed by atoms with Gasteiger partial charge in [-0.2, -0.15) is 0 Å². The van der Waals surface area contributed by atoms with E-state index in [1.807, 2.05) is 12.1 Å². The lowest BCUT2D eigenvalue weighted by Crippen LogP contribution is -2.68. The molecule has 3 aromatic rings. The van der Waals surface area contributed by atoms with Gasteiger partial charge in [-0.1, -0.05) is 93.6 Å². The molecule has 1 saturated heterocycles. The van der Waals surface area contributed by atoms with Crippen molar-refractivity contribution in [2.45, 2.75) is 51.2 Å². The van der Waals surface area contributed by atoms with E-state index < -0.39 is 8.32 Å². The molecule has 4 rings (SSSR count). The third-order valence-corrected chi connectivity index (χ3v) is 11.9. The van der Waals surface area contributed by atoms with Crippen LogP contribution < -0.4 is 21.0 Å². The summed E-state index contributed by atoms with van der Waals surface area (Å²) in [4.78, 5) is 13.7. The highest BCUT2D eigenvalue weighted by Crippen LogP contribution is 2.38. The van der Waals surface area contributed by atoms with Gasteiger partial charge in [-0.25, -0.2) is 0 Å². The van der Waals surface area contributed by atoms with Gasteiger partial charge >= 0.3 is 0 Å². The van der Waals surface area contributed by atoms with Crippen LogP contribution in [0.4, 0.5) is 5.69 Å². The first-order valence-electron chi connectivity index (χ1n) is 12.2. The van der Waals surface area contributed by atoms with Crippen molar-refractivity contribution in [3.8, 4) is 0 Å². The number of primary amides is 1. The largest absolute Gasteiger partial charge is 0.404 e. The Morgan fingerprint density at radius 3 is 1.97 bits per heavy atom. The average Bonchev–Trinajstić information content (AvgIpc) is 2.83. The van der Waals surface area contributed by atoms with Gasteiger partial charge in [0.2, 0.25) is 5.91 Å². The molecule has 34 heavy (non-hydrogen) atoms. The van der Waals surface area contributed by atoms with Crippen LogP contribution in [0.5, 0.6) is 0 Å². The van der Waals surface area contributed by atoms with Crippen LogP contribution in [0.3, 0.4) is 0 Å². The quantitative estimate of drug-likeness (QED) is 0.523. The molecule has 3 aromatic carbocycles. The zero-order valence-corrected chi connectivity index (χ0v) is 21.5. The highest BCUT2D eigenvalue weighted by molar-refractivity contribution is 6.99. The van der Waals surface area contributed by atoms with Gasteiger partial charge in [-0.05, 0) is 45.9 Å². The molecule has 1 aliphatic rings. The minimum absolute atomic E-state index is 0.0179. The Labute approximate surface area is 204 Å². The van der Waals surface area contributed by atoms with E-state index in [1.54, 1.807) is 0 Å². The smallest absolute Gasteiger partial charge is 0.261 e.